The molecule has 0 radical (unpaired) electrons. The van der Waals surface area contributed by atoms with Crippen LogP contribution in [0.15, 0.2) is 24.4 Å². The molecule has 0 saturated carbocycles. The highest BCUT2D eigenvalue weighted by Gasteiger charge is 2.08. The fourth-order valence-electron chi connectivity index (χ4n) is 1.54. The van der Waals surface area contributed by atoms with Gasteiger partial charge >= 0.3 is 0 Å². The molecule has 3 nitrogen and oxygen atoms in total. The largest absolute Gasteiger partial charge is 0.294 e. The van der Waals surface area contributed by atoms with E-state index in [-0.39, 0.29) is 11.6 Å². The zero-order valence-electron chi connectivity index (χ0n) is 9.57. The van der Waals surface area contributed by atoms with E-state index in [9.17, 15) is 9.18 Å². The van der Waals surface area contributed by atoms with E-state index in [0.29, 0.717) is 23.1 Å². The molecule has 1 heterocycles. The van der Waals surface area contributed by atoms with Crippen LogP contribution >= 0.6 is 0 Å². The van der Waals surface area contributed by atoms with Crippen LogP contribution in [-0.4, -0.2) is 16.3 Å². The van der Waals surface area contributed by atoms with Gasteiger partial charge in [-0.3, -0.25) is 4.79 Å². The Balaban J connectivity index is 2.58. The maximum Gasteiger partial charge on any atom is 0.193 e. The fraction of sp³-hybridized carbons (Fsp3) is 0.154. The Morgan fingerprint density at radius 1 is 1.24 bits per heavy atom. The van der Waals surface area contributed by atoms with Crippen LogP contribution in [0.25, 0.3) is 11.3 Å². The van der Waals surface area contributed by atoms with Crippen molar-refractivity contribution in [1.82, 2.24) is 9.97 Å². The Hall–Kier alpha value is -2.10. The van der Waals surface area contributed by atoms with Crippen LogP contribution in [0.2, 0.25) is 0 Å². The van der Waals surface area contributed by atoms with Crippen molar-refractivity contribution in [2.45, 2.75) is 13.8 Å². The van der Waals surface area contributed by atoms with Crippen LogP contribution < -0.4 is 0 Å². The van der Waals surface area contributed by atoms with Crippen LogP contribution in [-0.2, 0) is 0 Å². The Morgan fingerprint density at radius 2 is 2.00 bits per heavy atom. The van der Waals surface area contributed by atoms with Gasteiger partial charge in [-0.25, -0.2) is 14.4 Å². The highest BCUT2D eigenvalue weighted by atomic mass is 19.1. The van der Waals surface area contributed by atoms with E-state index in [2.05, 4.69) is 9.97 Å². The van der Waals surface area contributed by atoms with Crippen molar-refractivity contribution in [3.63, 3.8) is 0 Å². The summed E-state index contributed by atoms with van der Waals surface area (Å²) >= 11 is 0. The predicted molar refractivity (Wildman–Crippen MR) is 62.3 cm³/mol. The van der Waals surface area contributed by atoms with E-state index < -0.39 is 0 Å². The lowest BCUT2D eigenvalue weighted by Crippen LogP contribution is -1.98. The van der Waals surface area contributed by atoms with E-state index >= 15 is 0 Å². The van der Waals surface area contributed by atoms with Crippen molar-refractivity contribution in [3.05, 3.63) is 47.2 Å². The van der Waals surface area contributed by atoms with Gasteiger partial charge in [0, 0.05) is 11.8 Å². The van der Waals surface area contributed by atoms with E-state index in [1.807, 2.05) is 6.92 Å². The molecule has 0 bridgehead atoms. The van der Waals surface area contributed by atoms with E-state index in [0.717, 1.165) is 5.56 Å². The van der Waals surface area contributed by atoms with Gasteiger partial charge in [0.25, 0.3) is 0 Å². The molecule has 1 aromatic heterocycles. The second-order valence-corrected chi connectivity index (χ2v) is 3.84. The molecule has 4 heteroatoms. The Kier molecular flexibility index (Phi) is 2.95. The Bertz CT molecular complexity index is 582. The first-order chi connectivity index (χ1) is 8.11. The molecule has 17 heavy (non-hydrogen) atoms. The maximum atomic E-state index is 13.5. The van der Waals surface area contributed by atoms with Crippen LogP contribution in [0.4, 0.5) is 4.39 Å². The van der Waals surface area contributed by atoms with Gasteiger partial charge in [-0.1, -0.05) is 12.1 Å². The average Bonchev–Trinajstić information content (AvgIpc) is 2.33. The highest BCUT2D eigenvalue weighted by molar-refractivity contribution is 5.72. The third kappa shape index (κ3) is 2.20. The van der Waals surface area contributed by atoms with Gasteiger partial charge in [0.1, 0.15) is 5.82 Å². The van der Waals surface area contributed by atoms with Gasteiger partial charge in [-0.2, -0.15) is 0 Å². The smallest absolute Gasteiger partial charge is 0.193 e. The van der Waals surface area contributed by atoms with Gasteiger partial charge < -0.3 is 0 Å². The number of aromatic nitrogens is 2. The van der Waals surface area contributed by atoms with Crippen molar-refractivity contribution in [2.75, 3.05) is 0 Å². The fourth-order valence-corrected chi connectivity index (χ4v) is 1.54. The first-order valence-electron chi connectivity index (χ1n) is 5.17. The number of hydrogen-bond donors (Lipinski definition) is 0. The summed E-state index contributed by atoms with van der Waals surface area (Å²) in [5, 5.41) is 0. The number of rotatable bonds is 2. The summed E-state index contributed by atoms with van der Waals surface area (Å²) in [5.41, 5.74) is 2.62. The van der Waals surface area contributed by atoms with Crippen LogP contribution in [0.1, 0.15) is 21.7 Å². The summed E-state index contributed by atoms with van der Waals surface area (Å²) in [5.74, 6) is -0.181. The number of halogens is 1. The average molecular weight is 230 g/mol. The van der Waals surface area contributed by atoms with Gasteiger partial charge in [-0.05, 0) is 31.0 Å². The molecule has 0 unspecified atom stereocenters. The monoisotopic (exact) mass is 230 g/mol. The first-order valence-corrected chi connectivity index (χ1v) is 5.17. The minimum atomic E-state index is -0.284. The molecular formula is C13H11FN2O. The maximum absolute atomic E-state index is 13.5. The summed E-state index contributed by atoms with van der Waals surface area (Å²) in [6.45, 7) is 3.52. The molecule has 0 amide bonds. The van der Waals surface area contributed by atoms with Gasteiger partial charge in [0.05, 0.1) is 5.69 Å². The Labute approximate surface area is 98.3 Å². The van der Waals surface area contributed by atoms with Crippen molar-refractivity contribution in [2.24, 2.45) is 0 Å². The molecular weight excluding hydrogens is 219 g/mol. The van der Waals surface area contributed by atoms with Crippen LogP contribution in [0.3, 0.4) is 0 Å². The topological polar surface area (TPSA) is 42.9 Å². The summed E-state index contributed by atoms with van der Waals surface area (Å²) in [7, 11) is 0. The third-order valence-corrected chi connectivity index (χ3v) is 2.54. The van der Waals surface area contributed by atoms with Crippen molar-refractivity contribution in [3.8, 4) is 11.3 Å². The number of carbonyl (C=O) groups is 1. The predicted octanol–water partition coefficient (Wildman–Crippen LogP) is 2.71. The number of hydrogen-bond acceptors (Lipinski definition) is 3. The number of aldehydes is 1. The van der Waals surface area contributed by atoms with E-state index in [4.69, 9.17) is 0 Å². The van der Waals surface area contributed by atoms with Crippen molar-refractivity contribution in [1.29, 1.82) is 0 Å². The zero-order chi connectivity index (χ0) is 12.4. The molecule has 0 fully saturated rings. The van der Waals surface area contributed by atoms with Crippen LogP contribution in [0, 0.1) is 19.7 Å². The molecule has 0 saturated heterocycles. The molecule has 0 spiro atoms. The first kappa shape index (κ1) is 11.4. The molecule has 0 aliphatic heterocycles. The number of aryl methyl sites for hydroxylation is 2. The second kappa shape index (κ2) is 4.41. The SMILES string of the molecule is Cc1ccc(-c2nc(C=O)ncc2C)cc1F. The summed E-state index contributed by atoms with van der Waals surface area (Å²) in [6.07, 6.45) is 2.14. The second-order valence-electron chi connectivity index (χ2n) is 3.84. The lowest BCUT2D eigenvalue weighted by molar-refractivity contribution is 0.111. The summed E-state index contributed by atoms with van der Waals surface area (Å²) in [4.78, 5) is 18.6. The lowest BCUT2D eigenvalue weighted by Gasteiger charge is -2.06. The van der Waals surface area contributed by atoms with E-state index in [1.165, 1.54) is 6.07 Å². The normalized spacial score (nSPS) is 10.3. The molecule has 0 aliphatic rings. The highest BCUT2D eigenvalue weighted by Crippen LogP contribution is 2.22. The lowest BCUT2D eigenvalue weighted by atomic mass is 10.1. The van der Waals surface area contributed by atoms with Gasteiger partial charge in [0.2, 0.25) is 0 Å². The minimum Gasteiger partial charge on any atom is -0.294 e. The van der Waals surface area contributed by atoms with Crippen molar-refractivity contribution >= 4 is 6.29 Å². The van der Waals surface area contributed by atoms with Crippen molar-refractivity contribution < 1.29 is 9.18 Å². The van der Waals surface area contributed by atoms with Crippen LogP contribution in [0.5, 0.6) is 0 Å². The standard InChI is InChI=1S/C13H11FN2O/c1-8-3-4-10(5-11(8)14)13-9(2)6-15-12(7-17)16-13/h3-7H,1-2H3. The molecule has 2 rings (SSSR count). The quantitative estimate of drug-likeness (QED) is 0.745. The number of benzene rings is 1. The molecule has 2 aromatic rings. The number of nitrogens with zero attached hydrogens (tertiary/aromatic N) is 2. The Morgan fingerprint density at radius 3 is 2.65 bits per heavy atom. The molecule has 86 valence electrons. The van der Waals surface area contributed by atoms with Gasteiger partial charge in [-0.15, -0.1) is 0 Å². The number of carbonyl (C=O) groups excluding carboxylic acids is 1. The molecule has 0 aliphatic carbocycles. The van der Waals surface area contributed by atoms with Gasteiger partial charge in [0.15, 0.2) is 12.1 Å². The molecule has 1 aromatic carbocycles. The third-order valence-electron chi connectivity index (χ3n) is 2.54. The molecule has 0 atom stereocenters. The van der Waals surface area contributed by atoms with E-state index in [1.54, 1.807) is 25.3 Å². The zero-order valence-corrected chi connectivity index (χ0v) is 9.57. The summed E-state index contributed by atoms with van der Waals surface area (Å²) in [6, 6.07) is 4.88. The minimum absolute atomic E-state index is 0.103. The molecule has 0 N–H and O–H groups in total. The summed E-state index contributed by atoms with van der Waals surface area (Å²) < 4.78 is 13.5.